The van der Waals surface area contributed by atoms with Crippen molar-refractivity contribution in [3.05, 3.63) is 53.3 Å². The minimum Gasteiger partial charge on any atom is -0.337 e. The highest BCUT2D eigenvalue weighted by molar-refractivity contribution is 5.92. The van der Waals surface area contributed by atoms with Crippen molar-refractivity contribution in [3.8, 4) is 0 Å². The number of amides is 1. The van der Waals surface area contributed by atoms with E-state index in [1.54, 1.807) is 0 Å². The van der Waals surface area contributed by atoms with Gasteiger partial charge in [0.25, 0.3) is 5.91 Å². The van der Waals surface area contributed by atoms with Crippen molar-refractivity contribution in [1.82, 2.24) is 24.5 Å². The maximum absolute atomic E-state index is 12.7. The number of carbonyl (C=O) groups is 1. The first kappa shape index (κ1) is 21.1. The minimum absolute atomic E-state index is 0.0777. The maximum atomic E-state index is 12.7. The zero-order chi connectivity index (χ0) is 20.9. The summed E-state index contributed by atoms with van der Waals surface area (Å²) >= 11 is 0. The number of piperidine rings is 1. The molecule has 0 aliphatic carbocycles. The lowest BCUT2D eigenvalue weighted by atomic mass is 9.90. The van der Waals surface area contributed by atoms with E-state index in [4.69, 9.17) is 0 Å². The van der Waals surface area contributed by atoms with Gasteiger partial charge in [0.1, 0.15) is 5.69 Å². The van der Waals surface area contributed by atoms with Crippen molar-refractivity contribution in [2.45, 2.75) is 39.3 Å². The largest absolute Gasteiger partial charge is 0.337 e. The number of benzene rings is 1. The Morgan fingerprint density at radius 2 is 1.63 bits per heavy atom. The standard InChI is InChI=1S/C24H35N5O/c1-3-29-13-10-23(25-29)24(30)28-11-8-21(9-12-28)18-20-4-6-22(7-5-20)19-27-16-14-26(2)15-17-27/h4-7,10,13,21H,3,8-9,11-12,14-19H2,1-2H3. The Balaban J connectivity index is 1.23. The second-order valence-electron chi connectivity index (χ2n) is 8.89. The third kappa shape index (κ3) is 5.29. The van der Waals surface area contributed by atoms with E-state index in [1.807, 2.05) is 28.8 Å². The SMILES string of the molecule is CCn1ccc(C(=O)N2CCC(Cc3ccc(CN4CCN(C)CC4)cc3)CC2)n1. The summed E-state index contributed by atoms with van der Waals surface area (Å²) in [7, 11) is 2.20. The number of nitrogens with zero attached hydrogens (tertiary/aromatic N) is 5. The number of likely N-dealkylation sites (N-methyl/N-ethyl adjacent to an activating group) is 1. The summed E-state index contributed by atoms with van der Waals surface area (Å²) in [6.45, 7) is 10.2. The van der Waals surface area contributed by atoms with E-state index in [1.165, 1.54) is 24.2 Å². The van der Waals surface area contributed by atoms with Crippen LogP contribution in [0.15, 0.2) is 36.5 Å². The molecular weight excluding hydrogens is 374 g/mol. The van der Waals surface area contributed by atoms with Gasteiger partial charge in [-0.15, -0.1) is 0 Å². The van der Waals surface area contributed by atoms with E-state index < -0.39 is 0 Å². The molecule has 2 aliphatic heterocycles. The molecular formula is C24H35N5O. The number of hydrogen-bond acceptors (Lipinski definition) is 4. The molecule has 2 fully saturated rings. The molecule has 4 rings (SSSR count). The summed E-state index contributed by atoms with van der Waals surface area (Å²) < 4.78 is 1.81. The molecule has 30 heavy (non-hydrogen) atoms. The molecule has 1 aromatic heterocycles. The van der Waals surface area contributed by atoms with Crippen LogP contribution in [0.5, 0.6) is 0 Å². The Kier molecular flexibility index (Phi) is 6.85. The molecule has 6 heteroatoms. The predicted molar refractivity (Wildman–Crippen MR) is 119 cm³/mol. The molecule has 0 saturated carbocycles. The van der Waals surface area contributed by atoms with E-state index in [9.17, 15) is 4.79 Å². The van der Waals surface area contributed by atoms with Crippen LogP contribution >= 0.6 is 0 Å². The zero-order valence-electron chi connectivity index (χ0n) is 18.5. The van der Waals surface area contributed by atoms with Crippen molar-refractivity contribution in [2.75, 3.05) is 46.3 Å². The number of hydrogen-bond donors (Lipinski definition) is 0. The average molecular weight is 410 g/mol. The lowest BCUT2D eigenvalue weighted by Crippen LogP contribution is -2.43. The summed E-state index contributed by atoms with van der Waals surface area (Å²) in [5.74, 6) is 0.736. The number of aromatic nitrogens is 2. The predicted octanol–water partition coefficient (Wildman–Crippen LogP) is 2.75. The number of aryl methyl sites for hydroxylation is 1. The fraction of sp³-hybridized carbons (Fsp3) is 0.583. The number of carbonyl (C=O) groups excluding carboxylic acids is 1. The van der Waals surface area contributed by atoms with Crippen molar-refractivity contribution in [1.29, 1.82) is 0 Å². The van der Waals surface area contributed by atoms with Gasteiger partial charge in [0.15, 0.2) is 0 Å². The van der Waals surface area contributed by atoms with E-state index in [2.05, 4.69) is 46.2 Å². The van der Waals surface area contributed by atoms with Crippen molar-refractivity contribution in [2.24, 2.45) is 5.92 Å². The third-order valence-electron chi connectivity index (χ3n) is 6.63. The van der Waals surface area contributed by atoms with Gasteiger partial charge in [-0.1, -0.05) is 24.3 Å². The van der Waals surface area contributed by atoms with Crippen LogP contribution in [0.1, 0.15) is 41.4 Å². The fourth-order valence-corrected chi connectivity index (χ4v) is 4.53. The summed E-state index contributed by atoms with van der Waals surface area (Å²) in [6, 6.07) is 11.1. The average Bonchev–Trinajstić information content (AvgIpc) is 3.26. The van der Waals surface area contributed by atoms with Crippen LogP contribution < -0.4 is 0 Å². The van der Waals surface area contributed by atoms with E-state index >= 15 is 0 Å². The van der Waals surface area contributed by atoms with Gasteiger partial charge in [-0.05, 0) is 56.3 Å². The van der Waals surface area contributed by atoms with Gasteiger partial charge >= 0.3 is 0 Å². The molecule has 0 N–H and O–H groups in total. The van der Waals surface area contributed by atoms with E-state index in [-0.39, 0.29) is 5.91 Å². The number of rotatable bonds is 6. The molecule has 0 atom stereocenters. The van der Waals surface area contributed by atoms with Gasteiger partial charge in [0.05, 0.1) is 0 Å². The molecule has 2 saturated heterocycles. The lowest BCUT2D eigenvalue weighted by molar-refractivity contribution is 0.0683. The Morgan fingerprint density at radius 3 is 2.27 bits per heavy atom. The van der Waals surface area contributed by atoms with Crippen LogP contribution in [0.25, 0.3) is 0 Å². The summed E-state index contributed by atoms with van der Waals surface area (Å²) in [5.41, 5.74) is 3.41. The van der Waals surface area contributed by atoms with E-state index in [0.717, 1.165) is 58.5 Å². The van der Waals surface area contributed by atoms with Gasteiger partial charge in [0, 0.05) is 58.6 Å². The summed E-state index contributed by atoms with van der Waals surface area (Å²) in [5, 5.41) is 4.36. The quantitative estimate of drug-likeness (QED) is 0.736. The first-order valence-corrected chi connectivity index (χ1v) is 11.4. The van der Waals surface area contributed by atoms with Gasteiger partial charge < -0.3 is 9.80 Å². The fourth-order valence-electron chi connectivity index (χ4n) is 4.53. The molecule has 2 aromatic rings. The molecule has 6 nitrogen and oxygen atoms in total. The maximum Gasteiger partial charge on any atom is 0.274 e. The van der Waals surface area contributed by atoms with E-state index in [0.29, 0.717) is 11.6 Å². The molecule has 162 valence electrons. The van der Waals surface area contributed by atoms with Crippen LogP contribution in [0, 0.1) is 5.92 Å². The van der Waals surface area contributed by atoms with Crippen LogP contribution in [-0.4, -0.2) is 76.7 Å². The smallest absolute Gasteiger partial charge is 0.274 e. The lowest BCUT2D eigenvalue weighted by Gasteiger charge is -2.32. The first-order chi connectivity index (χ1) is 14.6. The molecule has 0 spiro atoms. The first-order valence-electron chi connectivity index (χ1n) is 11.4. The number of piperazine rings is 1. The van der Waals surface area contributed by atoms with Crippen LogP contribution in [-0.2, 0) is 19.5 Å². The molecule has 1 aromatic carbocycles. The number of likely N-dealkylation sites (tertiary alicyclic amines) is 1. The molecule has 0 bridgehead atoms. The zero-order valence-corrected chi connectivity index (χ0v) is 18.5. The topological polar surface area (TPSA) is 44.6 Å². The third-order valence-corrected chi connectivity index (χ3v) is 6.63. The van der Waals surface area contributed by atoms with Gasteiger partial charge in [-0.2, -0.15) is 5.10 Å². The molecule has 3 heterocycles. The highest BCUT2D eigenvalue weighted by atomic mass is 16.2. The van der Waals surface area contributed by atoms with Crippen LogP contribution in [0.2, 0.25) is 0 Å². The second kappa shape index (κ2) is 9.75. The Bertz CT molecular complexity index is 814. The molecule has 1 amide bonds. The molecule has 0 radical (unpaired) electrons. The molecule has 0 unspecified atom stereocenters. The van der Waals surface area contributed by atoms with Gasteiger partial charge in [0.2, 0.25) is 0 Å². The Hall–Kier alpha value is -2.18. The summed E-state index contributed by atoms with van der Waals surface area (Å²) in [4.78, 5) is 19.6. The highest BCUT2D eigenvalue weighted by Gasteiger charge is 2.25. The normalized spacial score (nSPS) is 19.3. The van der Waals surface area contributed by atoms with Crippen LogP contribution in [0.3, 0.4) is 0 Å². The molecule has 2 aliphatic rings. The Labute approximate surface area is 180 Å². The highest BCUT2D eigenvalue weighted by Crippen LogP contribution is 2.23. The van der Waals surface area contributed by atoms with Crippen molar-refractivity contribution in [3.63, 3.8) is 0 Å². The van der Waals surface area contributed by atoms with Crippen LogP contribution in [0.4, 0.5) is 0 Å². The van der Waals surface area contributed by atoms with Crippen molar-refractivity contribution >= 4 is 5.91 Å². The van der Waals surface area contributed by atoms with Gasteiger partial charge in [-0.3, -0.25) is 14.4 Å². The second-order valence-corrected chi connectivity index (χ2v) is 8.89. The Morgan fingerprint density at radius 1 is 0.967 bits per heavy atom. The van der Waals surface area contributed by atoms with Gasteiger partial charge in [-0.25, -0.2) is 0 Å². The monoisotopic (exact) mass is 409 g/mol. The summed E-state index contributed by atoms with van der Waals surface area (Å²) in [6.07, 6.45) is 5.14. The minimum atomic E-state index is 0.0777. The van der Waals surface area contributed by atoms with Crippen molar-refractivity contribution < 1.29 is 4.79 Å².